The Hall–Kier alpha value is -2.01. The van der Waals surface area contributed by atoms with Crippen LogP contribution >= 0.6 is 11.3 Å². The normalized spacial score (nSPS) is 10.8. The summed E-state index contributed by atoms with van der Waals surface area (Å²) >= 11 is 1.43. The van der Waals surface area contributed by atoms with E-state index in [-0.39, 0.29) is 5.43 Å². The highest BCUT2D eigenvalue weighted by Crippen LogP contribution is 2.22. The fourth-order valence-electron chi connectivity index (χ4n) is 1.44. The Morgan fingerprint density at radius 1 is 1.25 bits per heavy atom. The third kappa shape index (κ3) is 1.42. The van der Waals surface area contributed by atoms with Crippen molar-refractivity contribution in [3.05, 3.63) is 46.2 Å². The first-order valence-corrected chi connectivity index (χ1v) is 5.51. The van der Waals surface area contributed by atoms with Gasteiger partial charge >= 0.3 is 0 Å². The van der Waals surface area contributed by atoms with E-state index in [0.29, 0.717) is 21.9 Å². The van der Waals surface area contributed by atoms with Gasteiger partial charge in [0.2, 0.25) is 5.43 Å². The standard InChI is InChI=1S/C11H6N2O2S/c14-7-6-9(11-13-4-5-16-11)15-8-2-1-3-12-10(7)8/h1-6H. The van der Waals surface area contributed by atoms with E-state index in [0.717, 1.165) is 0 Å². The fourth-order valence-corrected chi connectivity index (χ4v) is 2.03. The highest BCUT2D eigenvalue weighted by Gasteiger charge is 2.08. The van der Waals surface area contributed by atoms with Crippen molar-refractivity contribution in [3.8, 4) is 10.8 Å². The van der Waals surface area contributed by atoms with E-state index < -0.39 is 0 Å². The summed E-state index contributed by atoms with van der Waals surface area (Å²) in [5.41, 5.74) is 0.690. The SMILES string of the molecule is O=c1cc(-c2nccs2)oc2cccnc12. The Balaban J connectivity index is 2.34. The van der Waals surface area contributed by atoms with Crippen LogP contribution in [0, 0.1) is 0 Å². The molecule has 0 atom stereocenters. The Labute approximate surface area is 94.2 Å². The average Bonchev–Trinajstić information content (AvgIpc) is 2.82. The molecule has 16 heavy (non-hydrogen) atoms. The average molecular weight is 230 g/mol. The first kappa shape index (κ1) is 9.23. The summed E-state index contributed by atoms with van der Waals surface area (Å²) in [6.07, 6.45) is 3.25. The zero-order valence-corrected chi connectivity index (χ0v) is 8.90. The van der Waals surface area contributed by atoms with Gasteiger partial charge < -0.3 is 4.42 Å². The molecule has 4 nitrogen and oxygen atoms in total. The lowest BCUT2D eigenvalue weighted by molar-refractivity contribution is 0.617. The molecule has 3 heterocycles. The van der Waals surface area contributed by atoms with Crippen LogP contribution in [0.5, 0.6) is 0 Å². The van der Waals surface area contributed by atoms with Crippen LogP contribution in [-0.4, -0.2) is 9.97 Å². The summed E-state index contributed by atoms with van der Waals surface area (Å²) < 4.78 is 5.57. The van der Waals surface area contributed by atoms with Crippen molar-refractivity contribution in [1.82, 2.24) is 9.97 Å². The molecule has 0 amide bonds. The van der Waals surface area contributed by atoms with Crippen LogP contribution in [0.25, 0.3) is 21.9 Å². The first-order valence-electron chi connectivity index (χ1n) is 4.63. The van der Waals surface area contributed by atoms with E-state index in [1.165, 1.54) is 17.4 Å². The van der Waals surface area contributed by atoms with Crippen molar-refractivity contribution in [2.75, 3.05) is 0 Å². The molecule has 78 valence electrons. The Morgan fingerprint density at radius 2 is 2.19 bits per heavy atom. The van der Waals surface area contributed by atoms with Crippen LogP contribution in [0.4, 0.5) is 0 Å². The zero-order valence-electron chi connectivity index (χ0n) is 8.08. The molecule has 3 aromatic rings. The van der Waals surface area contributed by atoms with E-state index in [1.54, 1.807) is 24.5 Å². The third-order valence-corrected chi connectivity index (χ3v) is 2.92. The van der Waals surface area contributed by atoms with Gasteiger partial charge in [-0.25, -0.2) is 9.97 Å². The van der Waals surface area contributed by atoms with Crippen molar-refractivity contribution >= 4 is 22.4 Å². The van der Waals surface area contributed by atoms with Gasteiger partial charge in [-0.1, -0.05) is 0 Å². The predicted octanol–water partition coefficient (Wildman–Crippen LogP) is 2.31. The largest absolute Gasteiger partial charge is 0.452 e. The molecule has 0 aliphatic heterocycles. The highest BCUT2D eigenvalue weighted by atomic mass is 32.1. The van der Waals surface area contributed by atoms with Gasteiger partial charge in [0, 0.05) is 23.8 Å². The molecular weight excluding hydrogens is 224 g/mol. The maximum absolute atomic E-state index is 11.7. The Kier molecular flexibility index (Phi) is 2.04. The highest BCUT2D eigenvalue weighted by molar-refractivity contribution is 7.13. The molecule has 0 N–H and O–H groups in total. The topological polar surface area (TPSA) is 56.0 Å². The van der Waals surface area contributed by atoms with Gasteiger partial charge in [0.05, 0.1) is 0 Å². The van der Waals surface area contributed by atoms with E-state index in [9.17, 15) is 4.79 Å². The van der Waals surface area contributed by atoms with Gasteiger partial charge in [0.15, 0.2) is 21.9 Å². The van der Waals surface area contributed by atoms with Crippen LogP contribution in [0.3, 0.4) is 0 Å². The van der Waals surface area contributed by atoms with E-state index >= 15 is 0 Å². The molecule has 0 aliphatic rings. The molecule has 3 aromatic heterocycles. The lowest BCUT2D eigenvalue weighted by Gasteiger charge is -1.98. The Morgan fingerprint density at radius 3 is 3.00 bits per heavy atom. The minimum absolute atomic E-state index is 0.146. The molecule has 0 saturated heterocycles. The van der Waals surface area contributed by atoms with Gasteiger partial charge in [-0.2, -0.15) is 0 Å². The minimum atomic E-state index is -0.146. The van der Waals surface area contributed by atoms with Crippen molar-refractivity contribution < 1.29 is 4.42 Å². The summed E-state index contributed by atoms with van der Waals surface area (Å²) in [5, 5.41) is 2.53. The maximum Gasteiger partial charge on any atom is 0.211 e. The quantitative estimate of drug-likeness (QED) is 0.643. The van der Waals surface area contributed by atoms with Gasteiger partial charge in [-0.3, -0.25) is 4.79 Å². The smallest absolute Gasteiger partial charge is 0.211 e. The van der Waals surface area contributed by atoms with Gasteiger partial charge in [0.1, 0.15) is 0 Å². The monoisotopic (exact) mass is 230 g/mol. The molecule has 0 radical (unpaired) electrons. The number of hydrogen-bond acceptors (Lipinski definition) is 5. The molecule has 0 aliphatic carbocycles. The Bertz CT molecular complexity index is 689. The number of pyridine rings is 1. The predicted molar refractivity (Wildman–Crippen MR) is 61.4 cm³/mol. The molecule has 0 unspecified atom stereocenters. The van der Waals surface area contributed by atoms with Crippen LogP contribution in [0.15, 0.2) is 45.2 Å². The number of aromatic nitrogens is 2. The van der Waals surface area contributed by atoms with Gasteiger partial charge in [-0.05, 0) is 12.1 Å². The van der Waals surface area contributed by atoms with Crippen molar-refractivity contribution in [2.45, 2.75) is 0 Å². The van der Waals surface area contributed by atoms with Crippen molar-refractivity contribution in [2.24, 2.45) is 0 Å². The molecular formula is C11H6N2O2S. The lowest BCUT2D eigenvalue weighted by atomic mass is 10.3. The minimum Gasteiger partial charge on any atom is -0.452 e. The third-order valence-electron chi connectivity index (χ3n) is 2.13. The van der Waals surface area contributed by atoms with E-state index in [2.05, 4.69) is 9.97 Å². The van der Waals surface area contributed by atoms with Crippen LogP contribution in [-0.2, 0) is 0 Å². The number of fused-ring (bicyclic) bond motifs is 1. The summed E-state index contributed by atoms with van der Waals surface area (Å²) in [6, 6.07) is 4.88. The lowest BCUT2D eigenvalue weighted by Crippen LogP contribution is -2.01. The second-order valence-electron chi connectivity index (χ2n) is 3.16. The first-order chi connectivity index (χ1) is 7.84. The van der Waals surface area contributed by atoms with Crippen LogP contribution < -0.4 is 5.43 Å². The summed E-state index contributed by atoms with van der Waals surface area (Å²) in [6.45, 7) is 0. The zero-order chi connectivity index (χ0) is 11.0. The second-order valence-corrected chi connectivity index (χ2v) is 4.06. The number of hydrogen-bond donors (Lipinski definition) is 0. The van der Waals surface area contributed by atoms with Crippen molar-refractivity contribution in [3.63, 3.8) is 0 Å². The molecule has 5 heteroatoms. The second kappa shape index (κ2) is 3.53. The van der Waals surface area contributed by atoms with Gasteiger partial charge in [-0.15, -0.1) is 11.3 Å². The van der Waals surface area contributed by atoms with E-state index in [1.807, 2.05) is 5.38 Å². The summed E-state index contributed by atoms with van der Waals surface area (Å²) in [5.74, 6) is 0.487. The summed E-state index contributed by atoms with van der Waals surface area (Å²) in [4.78, 5) is 19.8. The molecule has 0 aromatic carbocycles. The van der Waals surface area contributed by atoms with Crippen LogP contribution in [0.2, 0.25) is 0 Å². The molecule has 0 fully saturated rings. The van der Waals surface area contributed by atoms with E-state index in [4.69, 9.17) is 4.42 Å². The fraction of sp³-hybridized carbons (Fsp3) is 0. The molecule has 0 spiro atoms. The number of nitrogens with zero attached hydrogens (tertiary/aromatic N) is 2. The molecule has 3 rings (SSSR count). The molecule has 0 bridgehead atoms. The van der Waals surface area contributed by atoms with Gasteiger partial charge in [0.25, 0.3) is 0 Å². The van der Waals surface area contributed by atoms with Crippen molar-refractivity contribution in [1.29, 1.82) is 0 Å². The molecule has 0 saturated carbocycles. The maximum atomic E-state index is 11.7. The summed E-state index contributed by atoms with van der Waals surface area (Å²) in [7, 11) is 0. The number of thiazole rings is 1. The van der Waals surface area contributed by atoms with Crippen LogP contribution in [0.1, 0.15) is 0 Å². The number of rotatable bonds is 1.